The first-order valence-electron chi connectivity index (χ1n) is 7.87. The lowest BCUT2D eigenvalue weighted by atomic mass is 9.71. The second-order valence-corrected chi connectivity index (χ2v) is 8.47. The summed E-state index contributed by atoms with van der Waals surface area (Å²) in [4.78, 5) is 0. The lowest BCUT2D eigenvalue weighted by molar-refractivity contribution is 0.161. The van der Waals surface area contributed by atoms with Crippen molar-refractivity contribution in [1.29, 1.82) is 0 Å². The summed E-state index contributed by atoms with van der Waals surface area (Å²) in [6.45, 7) is 0. The Labute approximate surface area is 114 Å². The van der Waals surface area contributed by atoms with Gasteiger partial charge in [-0.05, 0) is 56.8 Å². The second kappa shape index (κ2) is 5.62. The molecule has 3 fully saturated rings. The molecule has 1 saturated heterocycles. The van der Waals surface area contributed by atoms with Gasteiger partial charge in [0.15, 0.2) is 0 Å². The van der Waals surface area contributed by atoms with Crippen LogP contribution in [0.25, 0.3) is 0 Å². The number of nitrogens with one attached hydrogen (secondary N) is 1. The highest BCUT2D eigenvalue weighted by molar-refractivity contribution is 7.85. The Balaban J connectivity index is 1.44. The average molecular weight is 269 g/mol. The summed E-state index contributed by atoms with van der Waals surface area (Å²) in [7, 11) is -0.514. The minimum Gasteiger partial charge on any atom is -0.311 e. The minimum absolute atomic E-state index is 0.514. The van der Waals surface area contributed by atoms with E-state index < -0.39 is 10.8 Å². The highest BCUT2D eigenvalue weighted by Gasteiger charge is 2.37. The van der Waals surface area contributed by atoms with E-state index >= 15 is 0 Å². The van der Waals surface area contributed by atoms with E-state index in [1.807, 2.05) is 0 Å². The standard InChI is InChI=1S/C15H27NOS/c17-18-11-5-14(6-12-18)16-13-3-9-15(10-4-13)7-1-2-8-15/h13-14,16H,1-12H2. The maximum atomic E-state index is 11.4. The third-order valence-corrected chi connectivity index (χ3v) is 6.95. The summed E-state index contributed by atoms with van der Waals surface area (Å²) < 4.78 is 11.4. The molecule has 0 aromatic carbocycles. The Morgan fingerprint density at radius 3 is 2.00 bits per heavy atom. The van der Waals surface area contributed by atoms with Gasteiger partial charge in [-0.1, -0.05) is 12.8 Å². The molecule has 2 saturated carbocycles. The number of hydrogen-bond acceptors (Lipinski definition) is 2. The molecule has 104 valence electrons. The SMILES string of the molecule is O=S1CCC(NC2CCC3(CCCC3)CC2)CC1. The lowest BCUT2D eigenvalue weighted by Crippen LogP contribution is -2.44. The van der Waals surface area contributed by atoms with E-state index in [-0.39, 0.29) is 0 Å². The first-order chi connectivity index (χ1) is 8.76. The molecule has 3 aliphatic rings. The van der Waals surface area contributed by atoms with Crippen LogP contribution < -0.4 is 5.32 Å². The summed E-state index contributed by atoms with van der Waals surface area (Å²) in [6.07, 6.45) is 13.9. The van der Waals surface area contributed by atoms with E-state index in [9.17, 15) is 4.21 Å². The van der Waals surface area contributed by atoms with Crippen LogP contribution in [-0.4, -0.2) is 27.8 Å². The number of hydrogen-bond donors (Lipinski definition) is 1. The molecule has 0 aromatic rings. The third-order valence-electron chi connectivity index (χ3n) is 5.57. The van der Waals surface area contributed by atoms with Crippen LogP contribution in [0.15, 0.2) is 0 Å². The van der Waals surface area contributed by atoms with Crippen LogP contribution in [0.1, 0.15) is 64.2 Å². The predicted octanol–water partition coefficient (Wildman–Crippen LogP) is 2.99. The van der Waals surface area contributed by atoms with Crippen LogP contribution >= 0.6 is 0 Å². The highest BCUT2D eigenvalue weighted by atomic mass is 32.2. The maximum absolute atomic E-state index is 11.4. The van der Waals surface area contributed by atoms with Crippen LogP contribution in [0.4, 0.5) is 0 Å². The third kappa shape index (κ3) is 2.98. The smallest absolute Gasteiger partial charge is 0.0249 e. The van der Waals surface area contributed by atoms with Gasteiger partial charge in [-0.2, -0.15) is 0 Å². The molecule has 3 rings (SSSR count). The Morgan fingerprint density at radius 1 is 0.833 bits per heavy atom. The summed E-state index contributed by atoms with van der Waals surface area (Å²) in [5, 5.41) is 3.85. The zero-order valence-electron chi connectivity index (χ0n) is 11.5. The fourth-order valence-corrected chi connectivity index (χ4v) is 5.61. The van der Waals surface area contributed by atoms with Crippen LogP contribution in [0.2, 0.25) is 0 Å². The molecule has 1 aliphatic heterocycles. The molecule has 0 atom stereocenters. The van der Waals surface area contributed by atoms with Gasteiger partial charge in [0.05, 0.1) is 0 Å². The fourth-order valence-electron chi connectivity index (χ4n) is 4.32. The summed E-state index contributed by atoms with van der Waals surface area (Å²) in [5.41, 5.74) is 0.756. The average Bonchev–Trinajstić information content (AvgIpc) is 2.84. The van der Waals surface area contributed by atoms with Gasteiger partial charge in [0, 0.05) is 34.4 Å². The van der Waals surface area contributed by atoms with Crippen molar-refractivity contribution in [2.45, 2.75) is 76.3 Å². The van der Waals surface area contributed by atoms with Gasteiger partial charge in [-0.15, -0.1) is 0 Å². The molecular formula is C15H27NOS. The van der Waals surface area contributed by atoms with Gasteiger partial charge in [0.1, 0.15) is 0 Å². The normalized spacial score (nSPS) is 37.1. The van der Waals surface area contributed by atoms with E-state index in [1.165, 1.54) is 51.4 Å². The van der Waals surface area contributed by atoms with E-state index in [4.69, 9.17) is 0 Å². The van der Waals surface area contributed by atoms with Crippen molar-refractivity contribution in [3.8, 4) is 0 Å². The van der Waals surface area contributed by atoms with E-state index in [0.717, 1.165) is 35.8 Å². The van der Waals surface area contributed by atoms with Gasteiger partial charge in [0.2, 0.25) is 0 Å². The van der Waals surface area contributed by atoms with Crippen molar-refractivity contribution < 1.29 is 4.21 Å². The molecular weight excluding hydrogens is 242 g/mol. The van der Waals surface area contributed by atoms with Gasteiger partial charge in [-0.3, -0.25) is 4.21 Å². The van der Waals surface area contributed by atoms with Crippen LogP contribution in [0.5, 0.6) is 0 Å². The van der Waals surface area contributed by atoms with Gasteiger partial charge < -0.3 is 5.32 Å². The molecule has 2 nitrogen and oxygen atoms in total. The van der Waals surface area contributed by atoms with Crippen molar-refractivity contribution in [3.05, 3.63) is 0 Å². The Hall–Kier alpha value is 0.110. The molecule has 0 bridgehead atoms. The first kappa shape index (κ1) is 13.1. The first-order valence-corrected chi connectivity index (χ1v) is 9.36. The highest BCUT2D eigenvalue weighted by Crippen LogP contribution is 2.48. The maximum Gasteiger partial charge on any atom is 0.0249 e. The second-order valence-electron chi connectivity index (χ2n) is 6.77. The molecule has 1 N–H and O–H groups in total. The molecule has 0 radical (unpaired) electrons. The zero-order chi connectivity index (χ0) is 12.4. The van der Waals surface area contributed by atoms with Crippen molar-refractivity contribution in [2.24, 2.45) is 5.41 Å². The summed E-state index contributed by atoms with van der Waals surface area (Å²) in [5.74, 6) is 1.85. The van der Waals surface area contributed by atoms with Crippen molar-refractivity contribution in [1.82, 2.24) is 5.32 Å². The molecule has 18 heavy (non-hydrogen) atoms. The topological polar surface area (TPSA) is 29.1 Å². The largest absolute Gasteiger partial charge is 0.311 e. The Bertz CT molecular complexity index is 292. The van der Waals surface area contributed by atoms with Crippen molar-refractivity contribution in [2.75, 3.05) is 11.5 Å². The predicted molar refractivity (Wildman–Crippen MR) is 77.2 cm³/mol. The molecule has 0 aromatic heterocycles. The molecule has 1 heterocycles. The van der Waals surface area contributed by atoms with Gasteiger partial charge in [0.25, 0.3) is 0 Å². The van der Waals surface area contributed by atoms with Crippen LogP contribution in [0.3, 0.4) is 0 Å². The lowest BCUT2D eigenvalue weighted by Gasteiger charge is -2.39. The molecule has 2 aliphatic carbocycles. The molecule has 0 unspecified atom stereocenters. The number of rotatable bonds is 2. The van der Waals surface area contributed by atoms with E-state index in [0.29, 0.717) is 6.04 Å². The quantitative estimate of drug-likeness (QED) is 0.835. The summed E-state index contributed by atoms with van der Waals surface area (Å²) in [6, 6.07) is 1.41. The minimum atomic E-state index is -0.514. The van der Waals surface area contributed by atoms with Gasteiger partial charge >= 0.3 is 0 Å². The van der Waals surface area contributed by atoms with Crippen molar-refractivity contribution >= 4 is 10.8 Å². The van der Waals surface area contributed by atoms with Gasteiger partial charge in [-0.25, -0.2) is 0 Å². The molecule has 0 amide bonds. The van der Waals surface area contributed by atoms with Crippen LogP contribution in [-0.2, 0) is 10.8 Å². The fraction of sp³-hybridized carbons (Fsp3) is 1.00. The van der Waals surface area contributed by atoms with Crippen molar-refractivity contribution in [3.63, 3.8) is 0 Å². The van der Waals surface area contributed by atoms with Crippen LogP contribution in [0, 0.1) is 5.41 Å². The summed E-state index contributed by atoms with van der Waals surface area (Å²) >= 11 is 0. The van der Waals surface area contributed by atoms with E-state index in [2.05, 4.69) is 5.32 Å². The van der Waals surface area contributed by atoms with E-state index in [1.54, 1.807) is 0 Å². The monoisotopic (exact) mass is 269 g/mol. The Kier molecular flexibility index (Phi) is 4.09. The molecule has 3 heteroatoms. The Morgan fingerprint density at radius 2 is 1.39 bits per heavy atom. The molecule has 1 spiro atoms. The zero-order valence-corrected chi connectivity index (χ0v) is 12.3.